The average molecular weight is 321 g/mol. The van der Waals surface area contributed by atoms with Crippen LogP contribution in [0.15, 0.2) is 48.5 Å². The molecule has 2 aromatic rings. The van der Waals surface area contributed by atoms with Gasteiger partial charge in [-0.1, -0.05) is 38.1 Å². The molecule has 0 atom stereocenters. The third-order valence-electron chi connectivity index (χ3n) is 3.47. The fourth-order valence-electron chi connectivity index (χ4n) is 2.41. The van der Waals surface area contributed by atoms with Crippen LogP contribution in [0.25, 0.3) is 0 Å². The highest BCUT2D eigenvalue weighted by molar-refractivity contribution is 6.00. The number of hydrogen-bond donors (Lipinski definition) is 2. The zero-order valence-corrected chi connectivity index (χ0v) is 12.9. The molecule has 0 radical (unpaired) electrons. The van der Waals surface area contributed by atoms with Crippen molar-refractivity contribution in [1.29, 1.82) is 5.41 Å². The van der Waals surface area contributed by atoms with Gasteiger partial charge >= 0.3 is 6.18 Å². The minimum Gasteiger partial charge on any atom is -0.369 e. The normalized spacial score (nSPS) is 11.6. The van der Waals surface area contributed by atoms with Gasteiger partial charge in [0.25, 0.3) is 0 Å². The summed E-state index contributed by atoms with van der Waals surface area (Å²) in [4.78, 5) is 1.32. The van der Waals surface area contributed by atoms with Gasteiger partial charge in [0.2, 0.25) is 0 Å². The first-order valence-electron chi connectivity index (χ1n) is 7.12. The van der Waals surface area contributed by atoms with E-state index in [0.29, 0.717) is 5.69 Å². The molecule has 3 N–H and O–H groups in total. The van der Waals surface area contributed by atoms with Gasteiger partial charge in [-0.15, -0.1) is 0 Å². The molecule has 3 nitrogen and oxygen atoms in total. The van der Waals surface area contributed by atoms with E-state index in [9.17, 15) is 13.2 Å². The van der Waals surface area contributed by atoms with Crippen LogP contribution in [0.2, 0.25) is 0 Å². The van der Waals surface area contributed by atoms with Crippen molar-refractivity contribution in [1.82, 2.24) is 0 Å². The van der Waals surface area contributed by atoms with Crippen molar-refractivity contribution in [2.45, 2.75) is 25.9 Å². The summed E-state index contributed by atoms with van der Waals surface area (Å²) in [6, 6.07) is 12.1. The van der Waals surface area contributed by atoms with Gasteiger partial charge < -0.3 is 5.73 Å². The van der Waals surface area contributed by atoms with Crippen molar-refractivity contribution in [3.05, 3.63) is 59.7 Å². The predicted molar refractivity (Wildman–Crippen MR) is 86.0 cm³/mol. The maximum absolute atomic E-state index is 12.9. The summed E-state index contributed by atoms with van der Waals surface area (Å²) in [5.41, 5.74) is 6.60. The van der Waals surface area contributed by atoms with Gasteiger partial charge in [0.15, 0.2) is 5.96 Å². The van der Waals surface area contributed by atoms with Gasteiger partial charge in [-0.2, -0.15) is 13.2 Å². The Kier molecular flexibility index (Phi) is 4.63. The maximum Gasteiger partial charge on any atom is 0.416 e. The molecule has 0 aromatic heterocycles. The molecule has 0 aliphatic carbocycles. The smallest absolute Gasteiger partial charge is 0.369 e. The van der Waals surface area contributed by atoms with E-state index in [4.69, 9.17) is 11.1 Å². The number of nitrogens with two attached hydrogens (primary N) is 1. The Morgan fingerprint density at radius 2 is 1.74 bits per heavy atom. The molecule has 0 heterocycles. The molecule has 6 heteroatoms. The second-order valence-electron chi connectivity index (χ2n) is 5.48. The number of rotatable bonds is 3. The number of guanidine groups is 1. The Hall–Kier alpha value is -2.50. The molecule has 0 saturated heterocycles. The van der Waals surface area contributed by atoms with Crippen LogP contribution in [0.3, 0.4) is 0 Å². The fourth-order valence-corrected chi connectivity index (χ4v) is 2.41. The minimum atomic E-state index is -4.45. The highest BCUT2D eigenvalue weighted by Crippen LogP contribution is 2.36. The van der Waals surface area contributed by atoms with E-state index in [-0.39, 0.29) is 17.6 Å². The van der Waals surface area contributed by atoms with Gasteiger partial charge in [0.1, 0.15) is 0 Å². The summed E-state index contributed by atoms with van der Waals surface area (Å²) >= 11 is 0. The van der Waals surface area contributed by atoms with Crippen LogP contribution in [0.4, 0.5) is 24.5 Å². The van der Waals surface area contributed by atoms with Crippen molar-refractivity contribution in [3.8, 4) is 0 Å². The topological polar surface area (TPSA) is 53.1 Å². The number of hydrogen-bond acceptors (Lipinski definition) is 1. The summed E-state index contributed by atoms with van der Waals surface area (Å²) in [5, 5.41) is 7.81. The Morgan fingerprint density at radius 1 is 1.09 bits per heavy atom. The monoisotopic (exact) mass is 321 g/mol. The number of benzene rings is 2. The Bertz CT molecular complexity index is 708. The van der Waals surface area contributed by atoms with E-state index in [2.05, 4.69) is 0 Å². The molecule has 2 rings (SSSR count). The van der Waals surface area contributed by atoms with E-state index in [1.54, 1.807) is 12.1 Å². The van der Waals surface area contributed by atoms with Crippen LogP contribution in [-0.4, -0.2) is 5.96 Å². The number of alkyl halides is 3. The zero-order valence-electron chi connectivity index (χ0n) is 12.9. The molecule has 0 bridgehead atoms. The summed E-state index contributed by atoms with van der Waals surface area (Å²) in [6.07, 6.45) is -4.45. The molecule has 2 aromatic carbocycles. The Labute approximate surface area is 133 Å². The Morgan fingerprint density at radius 3 is 2.30 bits per heavy atom. The molecule has 122 valence electrons. The predicted octanol–water partition coefficient (Wildman–Crippen LogP) is 4.86. The third-order valence-corrected chi connectivity index (χ3v) is 3.47. The molecule has 0 aliphatic heterocycles. The summed E-state index contributed by atoms with van der Waals surface area (Å²) in [6.45, 7) is 3.95. The molecule has 0 fully saturated rings. The van der Waals surface area contributed by atoms with Gasteiger partial charge in [-0.05, 0) is 35.7 Å². The summed E-state index contributed by atoms with van der Waals surface area (Å²) < 4.78 is 38.8. The van der Waals surface area contributed by atoms with Crippen molar-refractivity contribution < 1.29 is 13.2 Å². The van der Waals surface area contributed by atoms with E-state index < -0.39 is 11.7 Å². The minimum absolute atomic E-state index is 0.138. The van der Waals surface area contributed by atoms with Crippen molar-refractivity contribution in [3.63, 3.8) is 0 Å². The van der Waals surface area contributed by atoms with Crippen molar-refractivity contribution >= 4 is 17.3 Å². The van der Waals surface area contributed by atoms with Crippen LogP contribution in [0.5, 0.6) is 0 Å². The van der Waals surface area contributed by atoms with Crippen LogP contribution in [0.1, 0.15) is 30.9 Å². The lowest BCUT2D eigenvalue weighted by Gasteiger charge is -2.27. The first-order valence-corrected chi connectivity index (χ1v) is 7.12. The number of anilines is 2. The lowest BCUT2D eigenvalue weighted by Crippen LogP contribution is -2.33. The maximum atomic E-state index is 12.9. The van der Waals surface area contributed by atoms with Crippen molar-refractivity contribution in [2.24, 2.45) is 5.73 Å². The number of nitrogens with one attached hydrogen (secondary N) is 1. The lowest BCUT2D eigenvalue weighted by molar-refractivity contribution is -0.137. The van der Waals surface area contributed by atoms with E-state index >= 15 is 0 Å². The molecule has 0 spiro atoms. The SMILES string of the molecule is CC(C)c1ccccc1N(C(=N)N)c1cccc(C(F)(F)F)c1. The lowest BCUT2D eigenvalue weighted by atomic mass is 10.00. The number of halogens is 3. The highest BCUT2D eigenvalue weighted by atomic mass is 19.4. The van der Waals surface area contributed by atoms with Crippen LogP contribution >= 0.6 is 0 Å². The van der Waals surface area contributed by atoms with Gasteiger partial charge in [0.05, 0.1) is 11.3 Å². The summed E-state index contributed by atoms with van der Waals surface area (Å²) in [7, 11) is 0. The first-order chi connectivity index (χ1) is 10.7. The van der Waals surface area contributed by atoms with E-state index in [1.807, 2.05) is 26.0 Å². The molecule has 23 heavy (non-hydrogen) atoms. The van der Waals surface area contributed by atoms with Crippen LogP contribution in [0, 0.1) is 5.41 Å². The molecular formula is C17H18F3N3. The summed E-state index contributed by atoms with van der Waals surface area (Å²) in [5.74, 6) is -0.198. The van der Waals surface area contributed by atoms with Gasteiger partial charge in [-0.3, -0.25) is 10.3 Å². The van der Waals surface area contributed by atoms with E-state index in [1.165, 1.54) is 17.0 Å². The van der Waals surface area contributed by atoms with Crippen LogP contribution in [-0.2, 0) is 6.18 Å². The second-order valence-corrected chi connectivity index (χ2v) is 5.48. The van der Waals surface area contributed by atoms with Crippen LogP contribution < -0.4 is 10.6 Å². The molecular weight excluding hydrogens is 303 g/mol. The number of nitrogens with zero attached hydrogens (tertiary/aromatic N) is 1. The highest BCUT2D eigenvalue weighted by Gasteiger charge is 2.31. The molecule has 0 saturated carbocycles. The first kappa shape index (κ1) is 16.9. The zero-order chi connectivity index (χ0) is 17.2. The van der Waals surface area contributed by atoms with Crippen molar-refractivity contribution in [2.75, 3.05) is 4.90 Å². The quantitative estimate of drug-likeness (QED) is 0.626. The molecule has 0 amide bonds. The molecule has 0 unspecified atom stereocenters. The van der Waals surface area contributed by atoms with E-state index in [0.717, 1.165) is 17.7 Å². The standard InChI is InChI=1S/C17H18F3N3/c1-11(2)14-8-3-4-9-15(14)23(16(21)22)13-7-5-6-12(10-13)17(18,19)20/h3-11H,1-2H3,(H3,21,22). The van der Waals surface area contributed by atoms with Gasteiger partial charge in [0, 0.05) is 5.69 Å². The molecule has 0 aliphatic rings. The second kappa shape index (κ2) is 6.32. The third kappa shape index (κ3) is 3.64. The largest absolute Gasteiger partial charge is 0.416 e. The number of para-hydroxylation sites is 1. The van der Waals surface area contributed by atoms with Gasteiger partial charge in [-0.25, -0.2) is 0 Å². The average Bonchev–Trinajstić information content (AvgIpc) is 2.47. The Balaban J connectivity index is 2.59. The fraction of sp³-hybridized carbons (Fsp3) is 0.235.